The summed E-state index contributed by atoms with van der Waals surface area (Å²) in [7, 11) is 0. The summed E-state index contributed by atoms with van der Waals surface area (Å²) in [6, 6.07) is 8.78. The normalized spacial score (nSPS) is 15.7. The fraction of sp³-hybridized carbons (Fsp3) is 0.353. The maximum absolute atomic E-state index is 12.9. The highest BCUT2D eigenvalue weighted by atomic mass is 19.4. The van der Waals surface area contributed by atoms with Gasteiger partial charge in [0, 0.05) is 25.3 Å². The number of rotatable bonds is 3. The monoisotopic (exact) mass is 347 g/mol. The minimum absolute atomic E-state index is 0.00325. The lowest BCUT2D eigenvalue weighted by molar-refractivity contribution is -0.137. The number of anilines is 2. The van der Waals surface area contributed by atoms with Crippen molar-refractivity contribution in [1.82, 2.24) is 10.2 Å². The van der Waals surface area contributed by atoms with E-state index in [0.717, 1.165) is 43.9 Å². The summed E-state index contributed by atoms with van der Waals surface area (Å²) >= 11 is 0. The van der Waals surface area contributed by atoms with Gasteiger partial charge in [-0.25, -0.2) is 0 Å². The lowest BCUT2D eigenvalue weighted by Crippen LogP contribution is -2.39. The van der Waals surface area contributed by atoms with Crippen LogP contribution in [0.3, 0.4) is 0 Å². The predicted octanol–water partition coefficient (Wildman–Crippen LogP) is 3.45. The maximum Gasteiger partial charge on any atom is 0.416 e. The number of alkyl halides is 3. The fourth-order valence-corrected chi connectivity index (χ4v) is 2.87. The van der Waals surface area contributed by atoms with Crippen LogP contribution in [0.4, 0.5) is 24.7 Å². The Balaban J connectivity index is 1.69. The highest BCUT2D eigenvalue weighted by molar-refractivity contribution is 5.60. The number of nitriles is 1. The Bertz CT molecular complexity index is 762. The standard InChI is InChI=1S/C17H16F3N5/c18-17(19,20)13-4-3-12(11-21)15(10-13)23-14-5-8-25(9-6-14)16-2-1-7-22-24-16/h1-4,7,10,14,23H,5-6,8-9H2. The Morgan fingerprint density at radius 2 is 1.96 bits per heavy atom. The van der Waals surface area contributed by atoms with Gasteiger partial charge in [0.2, 0.25) is 0 Å². The number of nitrogens with one attached hydrogen (secondary N) is 1. The van der Waals surface area contributed by atoms with E-state index in [-0.39, 0.29) is 17.3 Å². The maximum atomic E-state index is 12.9. The zero-order valence-corrected chi connectivity index (χ0v) is 13.3. The Morgan fingerprint density at radius 1 is 1.20 bits per heavy atom. The van der Waals surface area contributed by atoms with Crippen LogP contribution in [-0.2, 0) is 6.18 Å². The molecular formula is C17H16F3N5. The molecule has 0 amide bonds. The number of aromatic nitrogens is 2. The van der Waals surface area contributed by atoms with Crippen molar-refractivity contribution in [3.8, 4) is 6.07 Å². The highest BCUT2D eigenvalue weighted by Crippen LogP contribution is 2.32. The molecule has 0 aliphatic carbocycles. The minimum atomic E-state index is -4.43. The third-order valence-corrected chi connectivity index (χ3v) is 4.20. The molecule has 1 aliphatic rings. The number of halogens is 3. The van der Waals surface area contributed by atoms with E-state index < -0.39 is 11.7 Å². The molecule has 1 aromatic carbocycles. The average Bonchev–Trinajstić information content (AvgIpc) is 2.62. The van der Waals surface area contributed by atoms with E-state index in [4.69, 9.17) is 5.26 Å². The van der Waals surface area contributed by atoms with E-state index in [0.29, 0.717) is 0 Å². The van der Waals surface area contributed by atoms with Crippen LogP contribution in [0.25, 0.3) is 0 Å². The van der Waals surface area contributed by atoms with Gasteiger partial charge < -0.3 is 10.2 Å². The summed E-state index contributed by atoms with van der Waals surface area (Å²) < 4.78 is 38.7. The van der Waals surface area contributed by atoms with Gasteiger partial charge in [0.25, 0.3) is 0 Å². The van der Waals surface area contributed by atoms with E-state index in [1.54, 1.807) is 6.20 Å². The number of nitrogens with zero attached hydrogens (tertiary/aromatic N) is 4. The second kappa shape index (κ2) is 6.97. The van der Waals surface area contributed by atoms with Crippen molar-refractivity contribution >= 4 is 11.5 Å². The van der Waals surface area contributed by atoms with Crippen molar-refractivity contribution in [2.75, 3.05) is 23.3 Å². The zero-order chi connectivity index (χ0) is 17.9. The van der Waals surface area contributed by atoms with Gasteiger partial charge in [0.1, 0.15) is 6.07 Å². The van der Waals surface area contributed by atoms with Gasteiger partial charge in [-0.1, -0.05) is 0 Å². The molecule has 1 fully saturated rings. The summed E-state index contributed by atoms with van der Waals surface area (Å²) in [5.41, 5.74) is -0.314. The van der Waals surface area contributed by atoms with Crippen LogP contribution in [0.2, 0.25) is 0 Å². The molecule has 3 rings (SSSR count). The molecular weight excluding hydrogens is 331 g/mol. The molecule has 8 heteroatoms. The first-order chi connectivity index (χ1) is 12.0. The van der Waals surface area contributed by atoms with Crippen molar-refractivity contribution in [3.63, 3.8) is 0 Å². The van der Waals surface area contributed by atoms with Crippen LogP contribution in [0.1, 0.15) is 24.0 Å². The predicted molar refractivity (Wildman–Crippen MR) is 87.0 cm³/mol. The number of hydrogen-bond donors (Lipinski definition) is 1. The van der Waals surface area contributed by atoms with Crippen molar-refractivity contribution in [2.24, 2.45) is 0 Å². The summed E-state index contributed by atoms with van der Waals surface area (Å²) in [5, 5.41) is 20.2. The van der Waals surface area contributed by atoms with Gasteiger partial charge in [0.05, 0.1) is 16.8 Å². The lowest BCUT2D eigenvalue weighted by Gasteiger charge is -2.33. The van der Waals surface area contributed by atoms with Crippen molar-refractivity contribution in [2.45, 2.75) is 25.1 Å². The molecule has 2 aromatic rings. The van der Waals surface area contributed by atoms with Crippen LogP contribution >= 0.6 is 0 Å². The third-order valence-electron chi connectivity index (χ3n) is 4.20. The second-order valence-electron chi connectivity index (χ2n) is 5.86. The minimum Gasteiger partial charge on any atom is -0.381 e. The first-order valence-electron chi connectivity index (χ1n) is 7.88. The van der Waals surface area contributed by atoms with Crippen molar-refractivity contribution in [1.29, 1.82) is 5.26 Å². The Morgan fingerprint density at radius 3 is 2.56 bits per heavy atom. The van der Waals surface area contributed by atoms with Crippen molar-refractivity contribution < 1.29 is 13.2 Å². The van der Waals surface area contributed by atoms with E-state index in [2.05, 4.69) is 20.4 Å². The topological polar surface area (TPSA) is 64.8 Å². The summed E-state index contributed by atoms with van der Waals surface area (Å²) in [5.74, 6) is 0.790. The lowest BCUT2D eigenvalue weighted by atomic mass is 10.0. The molecule has 1 N–H and O–H groups in total. The second-order valence-corrected chi connectivity index (χ2v) is 5.86. The van der Waals surface area contributed by atoms with Crippen LogP contribution < -0.4 is 10.2 Å². The molecule has 0 saturated carbocycles. The molecule has 1 aromatic heterocycles. The quantitative estimate of drug-likeness (QED) is 0.921. The van der Waals surface area contributed by atoms with Gasteiger partial charge in [-0.2, -0.15) is 23.5 Å². The molecule has 0 atom stereocenters. The van der Waals surface area contributed by atoms with Gasteiger partial charge in [-0.3, -0.25) is 0 Å². The van der Waals surface area contributed by atoms with Gasteiger partial charge in [-0.05, 0) is 43.2 Å². The van der Waals surface area contributed by atoms with Crippen LogP contribution in [0.5, 0.6) is 0 Å². The van der Waals surface area contributed by atoms with Gasteiger partial charge in [-0.15, -0.1) is 5.10 Å². The van der Waals surface area contributed by atoms with Gasteiger partial charge in [0.15, 0.2) is 5.82 Å². The molecule has 0 unspecified atom stereocenters. The summed E-state index contributed by atoms with van der Waals surface area (Å²) in [4.78, 5) is 2.09. The van der Waals surface area contributed by atoms with Crippen LogP contribution in [-0.4, -0.2) is 29.3 Å². The molecule has 5 nitrogen and oxygen atoms in total. The fourth-order valence-electron chi connectivity index (χ4n) is 2.87. The number of hydrogen-bond acceptors (Lipinski definition) is 5. The highest BCUT2D eigenvalue weighted by Gasteiger charge is 2.31. The van der Waals surface area contributed by atoms with Crippen LogP contribution in [0.15, 0.2) is 36.5 Å². The van der Waals surface area contributed by atoms with Gasteiger partial charge >= 0.3 is 6.18 Å². The molecule has 1 saturated heterocycles. The largest absolute Gasteiger partial charge is 0.416 e. The molecule has 130 valence electrons. The van der Waals surface area contributed by atoms with Crippen molar-refractivity contribution in [3.05, 3.63) is 47.7 Å². The SMILES string of the molecule is N#Cc1ccc(C(F)(F)F)cc1NC1CCN(c2cccnn2)CC1. The molecule has 0 bridgehead atoms. The van der Waals surface area contributed by atoms with E-state index in [1.807, 2.05) is 18.2 Å². The molecule has 1 aliphatic heterocycles. The van der Waals surface area contributed by atoms with E-state index >= 15 is 0 Å². The van der Waals surface area contributed by atoms with E-state index in [9.17, 15) is 13.2 Å². The first kappa shape index (κ1) is 17.0. The number of benzene rings is 1. The summed E-state index contributed by atoms with van der Waals surface area (Å²) in [6.45, 7) is 1.44. The Hall–Kier alpha value is -2.82. The molecule has 2 heterocycles. The Labute approximate surface area is 143 Å². The number of piperidine rings is 1. The smallest absolute Gasteiger partial charge is 0.381 e. The zero-order valence-electron chi connectivity index (χ0n) is 13.3. The van der Waals surface area contributed by atoms with E-state index in [1.165, 1.54) is 6.07 Å². The molecule has 25 heavy (non-hydrogen) atoms. The molecule has 0 radical (unpaired) electrons. The Kier molecular flexibility index (Phi) is 4.74. The summed E-state index contributed by atoms with van der Waals surface area (Å²) in [6.07, 6.45) is -1.36. The third kappa shape index (κ3) is 3.99. The van der Waals surface area contributed by atoms with Crippen LogP contribution in [0, 0.1) is 11.3 Å². The molecule has 0 spiro atoms. The first-order valence-corrected chi connectivity index (χ1v) is 7.88. The average molecular weight is 347 g/mol.